The first-order valence-electron chi connectivity index (χ1n) is 6.02. The summed E-state index contributed by atoms with van der Waals surface area (Å²) < 4.78 is 4.80. The molecule has 0 aromatic heterocycles. The van der Waals surface area contributed by atoms with Crippen LogP contribution in [0.25, 0.3) is 0 Å². The fourth-order valence-electron chi connectivity index (χ4n) is 2.10. The number of hydrogen-bond donors (Lipinski definition) is 2. The van der Waals surface area contributed by atoms with Gasteiger partial charge in [0.2, 0.25) is 0 Å². The Labute approximate surface area is 107 Å². The third-order valence-corrected chi connectivity index (χ3v) is 3.08. The van der Waals surface area contributed by atoms with E-state index in [4.69, 9.17) is 9.57 Å². The van der Waals surface area contributed by atoms with Gasteiger partial charge in [0.25, 0.3) is 0 Å². The molecule has 6 nitrogen and oxygen atoms in total. The number of esters is 1. The Morgan fingerprint density at radius 3 is 2.67 bits per heavy atom. The molecular weight excluding hydrogens is 236 g/mol. The van der Waals surface area contributed by atoms with E-state index in [1.165, 1.54) is 14.2 Å². The van der Waals surface area contributed by atoms with Crippen LogP contribution in [0.2, 0.25) is 0 Å². The summed E-state index contributed by atoms with van der Waals surface area (Å²) in [5, 5.41) is 2.33. The summed E-state index contributed by atoms with van der Waals surface area (Å²) in [7, 11) is 2.86. The van der Waals surface area contributed by atoms with Crippen molar-refractivity contribution in [2.75, 3.05) is 14.2 Å². The van der Waals surface area contributed by atoms with Crippen molar-refractivity contribution in [2.24, 2.45) is 5.92 Å². The van der Waals surface area contributed by atoms with Crippen LogP contribution < -0.4 is 10.8 Å². The number of rotatable bonds is 3. The number of hydrogen-bond acceptors (Lipinski definition) is 5. The Balaban J connectivity index is 2.73. The van der Waals surface area contributed by atoms with Gasteiger partial charge in [0, 0.05) is 12.7 Å². The van der Waals surface area contributed by atoms with E-state index in [1.54, 1.807) is 6.92 Å². The van der Waals surface area contributed by atoms with Crippen LogP contribution in [0.1, 0.15) is 32.6 Å². The van der Waals surface area contributed by atoms with Gasteiger partial charge in [-0.25, -0.2) is 10.3 Å². The largest absolute Gasteiger partial charge is 0.469 e. The third kappa shape index (κ3) is 3.65. The van der Waals surface area contributed by atoms with Crippen molar-refractivity contribution in [2.45, 2.75) is 32.6 Å². The zero-order valence-electron chi connectivity index (χ0n) is 11.0. The first kappa shape index (κ1) is 14.3. The van der Waals surface area contributed by atoms with E-state index in [0.717, 1.165) is 31.3 Å². The van der Waals surface area contributed by atoms with Gasteiger partial charge in [-0.2, -0.15) is 0 Å². The summed E-state index contributed by atoms with van der Waals surface area (Å²) in [5.41, 5.74) is 4.23. The predicted molar refractivity (Wildman–Crippen MR) is 65.4 cm³/mol. The molecule has 1 rings (SSSR count). The van der Waals surface area contributed by atoms with Crippen molar-refractivity contribution >= 4 is 12.1 Å². The Bertz CT molecular complexity index is 352. The van der Waals surface area contributed by atoms with Gasteiger partial charge in [0.05, 0.1) is 13.0 Å². The fraction of sp³-hybridized carbons (Fsp3) is 0.667. The molecule has 0 bridgehead atoms. The van der Waals surface area contributed by atoms with Crippen molar-refractivity contribution in [3.63, 3.8) is 0 Å². The van der Waals surface area contributed by atoms with Crippen LogP contribution in [0.3, 0.4) is 0 Å². The van der Waals surface area contributed by atoms with Crippen molar-refractivity contribution in [3.8, 4) is 0 Å². The maximum Gasteiger partial charge on any atom is 0.431 e. The summed E-state index contributed by atoms with van der Waals surface area (Å²) in [4.78, 5) is 27.4. The normalized spacial score (nSPS) is 21.8. The highest BCUT2D eigenvalue weighted by molar-refractivity contribution is 5.76. The van der Waals surface area contributed by atoms with Gasteiger partial charge in [-0.3, -0.25) is 4.79 Å². The predicted octanol–water partition coefficient (Wildman–Crippen LogP) is 1.48. The second-order valence-electron chi connectivity index (χ2n) is 4.21. The number of ether oxygens (including phenoxy) is 1. The lowest BCUT2D eigenvalue weighted by Crippen LogP contribution is -2.29. The average molecular weight is 256 g/mol. The quantitative estimate of drug-likeness (QED) is 0.591. The van der Waals surface area contributed by atoms with Gasteiger partial charge in [-0.15, -0.1) is 0 Å². The minimum Gasteiger partial charge on any atom is -0.469 e. The van der Waals surface area contributed by atoms with Crippen LogP contribution in [-0.2, 0) is 14.4 Å². The number of allylic oxidation sites excluding steroid dienone is 1. The highest BCUT2D eigenvalue weighted by atomic mass is 16.7. The number of hydroxylamine groups is 1. The van der Waals surface area contributed by atoms with Crippen molar-refractivity contribution in [1.29, 1.82) is 0 Å². The molecule has 1 atom stereocenters. The van der Waals surface area contributed by atoms with Gasteiger partial charge in [0.1, 0.15) is 0 Å². The number of carbonyl (C=O) groups excluding carboxylic acids is 2. The van der Waals surface area contributed by atoms with Crippen molar-refractivity contribution < 1.29 is 19.2 Å². The van der Waals surface area contributed by atoms with Crippen LogP contribution in [-0.4, -0.2) is 26.2 Å². The summed E-state index contributed by atoms with van der Waals surface area (Å²) >= 11 is 0. The maximum atomic E-state index is 11.7. The molecule has 102 valence electrons. The Kier molecular flexibility index (Phi) is 5.48. The zero-order chi connectivity index (χ0) is 13.5. The Morgan fingerprint density at radius 2 is 2.06 bits per heavy atom. The maximum absolute atomic E-state index is 11.7. The molecule has 1 aliphatic rings. The van der Waals surface area contributed by atoms with E-state index in [2.05, 4.69) is 10.8 Å². The summed E-state index contributed by atoms with van der Waals surface area (Å²) in [5.74, 6) is -0.463. The minimum atomic E-state index is -0.569. The molecule has 0 aromatic rings. The molecule has 0 heterocycles. The second-order valence-corrected chi connectivity index (χ2v) is 4.21. The molecule has 0 saturated heterocycles. The third-order valence-electron chi connectivity index (χ3n) is 3.08. The first-order chi connectivity index (χ1) is 8.60. The monoisotopic (exact) mass is 256 g/mol. The highest BCUT2D eigenvalue weighted by Crippen LogP contribution is 2.31. The molecule has 1 saturated carbocycles. The molecule has 1 amide bonds. The van der Waals surface area contributed by atoms with Crippen LogP contribution in [0.5, 0.6) is 0 Å². The topological polar surface area (TPSA) is 76.7 Å². The van der Waals surface area contributed by atoms with Gasteiger partial charge in [0.15, 0.2) is 0 Å². The van der Waals surface area contributed by atoms with Gasteiger partial charge >= 0.3 is 12.1 Å². The zero-order valence-corrected chi connectivity index (χ0v) is 11.0. The summed E-state index contributed by atoms with van der Waals surface area (Å²) in [6.07, 6.45) is 3.06. The Morgan fingerprint density at radius 1 is 1.33 bits per heavy atom. The second kappa shape index (κ2) is 6.88. The van der Waals surface area contributed by atoms with E-state index < -0.39 is 6.09 Å². The summed E-state index contributed by atoms with van der Waals surface area (Å²) in [6, 6.07) is 0. The van der Waals surface area contributed by atoms with Gasteiger partial charge in [-0.1, -0.05) is 6.42 Å². The van der Waals surface area contributed by atoms with E-state index in [1.807, 2.05) is 0 Å². The lowest BCUT2D eigenvalue weighted by molar-refractivity contribution is -0.144. The Hall–Kier alpha value is -1.72. The first-order valence-corrected chi connectivity index (χ1v) is 6.02. The van der Waals surface area contributed by atoms with E-state index in [9.17, 15) is 9.59 Å². The number of methoxy groups -OCH3 is 1. The minimum absolute atomic E-state index is 0.231. The lowest BCUT2D eigenvalue weighted by atomic mass is 9.83. The van der Waals surface area contributed by atoms with Crippen LogP contribution in [0.15, 0.2) is 11.3 Å². The van der Waals surface area contributed by atoms with Crippen molar-refractivity contribution in [1.82, 2.24) is 10.8 Å². The summed E-state index contributed by atoms with van der Waals surface area (Å²) in [6.45, 7) is 1.79. The molecule has 0 spiro atoms. The molecule has 2 N–H and O–H groups in total. The highest BCUT2D eigenvalue weighted by Gasteiger charge is 2.28. The van der Waals surface area contributed by atoms with Gasteiger partial charge < -0.3 is 14.9 Å². The molecule has 1 unspecified atom stereocenters. The fourth-order valence-corrected chi connectivity index (χ4v) is 2.10. The van der Waals surface area contributed by atoms with E-state index in [-0.39, 0.29) is 11.9 Å². The average Bonchev–Trinajstić information content (AvgIpc) is 2.43. The standard InChI is InChI=1S/C12H20N2O4/c1-8(14-18-12(16)13-2)9-6-4-5-7-10(9)11(15)17-3/h10,14H,4-7H2,1-3H3,(H,13,16)/b9-8+. The van der Waals surface area contributed by atoms with E-state index in [0.29, 0.717) is 5.70 Å². The molecule has 0 aromatic carbocycles. The van der Waals surface area contributed by atoms with Crippen LogP contribution in [0.4, 0.5) is 4.79 Å². The molecule has 1 aliphatic carbocycles. The molecule has 0 aliphatic heterocycles. The van der Waals surface area contributed by atoms with Crippen molar-refractivity contribution in [3.05, 3.63) is 11.3 Å². The molecule has 6 heteroatoms. The smallest absolute Gasteiger partial charge is 0.431 e. The lowest BCUT2D eigenvalue weighted by Gasteiger charge is -2.25. The molecule has 0 radical (unpaired) electrons. The van der Waals surface area contributed by atoms with Crippen LogP contribution >= 0.6 is 0 Å². The van der Waals surface area contributed by atoms with Gasteiger partial charge in [-0.05, 0) is 31.8 Å². The number of amides is 1. The van der Waals surface area contributed by atoms with Crippen LogP contribution in [0, 0.1) is 5.92 Å². The van der Waals surface area contributed by atoms with E-state index >= 15 is 0 Å². The molecular formula is C12H20N2O4. The number of nitrogens with one attached hydrogen (secondary N) is 2. The molecule has 18 heavy (non-hydrogen) atoms. The number of carbonyl (C=O) groups is 2. The molecule has 1 fully saturated rings. The SMILES string of the molecule is CNC(=O)ON/C(C)=C1\CCCCC1C(=O)OC.